The summed E-state index contributed by atoms with van der Waals surface area (Å²) >= 11 is 0. The van der Waals surface area contributed by atoms with Gasteiger partial charge in [0.05, 0.1) is 19.1 Å². The summed E-state index contributed by atoms with van der Waals surface area (Å²) in [6.07, 6.45) is 1.97. The van der Waals surface area contributed by atoms with Gasteiger partial charge in [0, 0.05) is 24.3 Å². The Labute approximate surface area is 129 Å². The monoisotopic (exact) mass is 300 g/mol. The van der Waals surface area contributed by atoms with Crippen LogP contribution in [0.5, 0.6) is 0 Å². The highest BCUT2D eigenvalue weighted by molar-refractivity contribution is 6.02. The van der Waals surface area contributed by atoms with Crippen LogP contribution in [0.4, 0.5) is 5.69 Å². The zero-order chi connectivity index (χ0) is 15.3. The van der Waals surface area contributed by atoms with Gasteiger partial charge in [0.25, 0.3) is 0 Å². The lowest BCUT2D eigenvalue weighted by Crippen LogP contribution is -2.29. The number of aliphatic hydroxyl groups is 1. The van der Waals surface area contributed by atoms with E-state index in [1.807, 2.05) is 12.1 Å². The molecule has 0 aromatic heterocycles. The smallest absolute Gasteiger partial charge is 0.228 e. The zero-order valence-corrected chi connectivity index (χ0v) is 12.4. The van der Waals surface area contributed by atoms with E-state index in [1.165, 1.54) is 0 Å². The fourth-order valence-corrected chi connectivity index (χ4v) is 4.19. The first kappa shape index (κ1) is 13.9. The largest absolute Gasteiger partial charge is 0.393 e. The first-order chi connectivity index (χ1) is 10.6. The number of fused-ring (bicyclic) bond motifs is 2. The standard InChI is InChI=1S/C17H20N2O3/c20-14-4-12-7-19(8-13(12)5-14)9-16(21)10-1-2-15-11(3-10)6-17(22)18-15/h1-3,12-14,20H,4-9H2,(H,18,22)/t12-,13+,14?. The number of Topliss-reactive ketones (excluding diaryl/α,β-unsaturated/α-hetero) is 1. The van der Waals surface area contributed by atoms with Gasteiger partial charge in [0.1, 0.15) is 0 Å². The molecule has 5 heteroatoms. The molecule has 2 N–H and O–H groups in total. The molecule has 2 aliphatic heterocycles. The van der Waals surface area contributed by atoms with Gasteiger partial charge < -0.3 is 10.4 Å². The van der Waals surface area contributed by atoms with E-state index >= 15 is 0 Å². The Balaban J connectivity index is 1.41. The second kappa shape index (κ2) is 5.18. The van der Waals surface area contributed by atoms with E-state index in [-0.39, 0.29) is 17.8 Å². The van der Waals surface area contributed by atoms with Crippen LogP contribution in [-0.2, 0) is 11.2 Å². The van der Waals surface area contributed by atoms with Crippen molar-refractivity contribution >= 4 is 17.4 Å². The number of amides is 1. The van der Waals surface area contributed by atoms with Gasteiger partial charge >= 0.3 is 0 Å². The van der Waals surface area contributed by atoms with Crippen LogP contribution in [-0.4, -0.2) is 47.4 Å². The highest BCUT2D eigenvalue weighted by Crippen LogP contribution is 2.38. The van der Waals surface area contributed by atoms with Gasteiger partial charge in [-0.25, -0.2) is 0 Å². The summed E-state index contributed by atoms with van der Waals surface area (Å²) in [6.45, 7) is 2.26. The Bertz CT molecular complexity index is 629. The van der Waals surface area contributed by atoms with Crippen LogP contribution < -0.4 is 5.32 Å². The van der Waals surface area contributed by atoms with Gasteiger partial charge in [0.2, 0.25) is 5.91 Å². The lowest BCUT2D eigenvalue weighted by molar-refractivity contribution is -0.115. The molecular formula is C17H20N2O3. The van der Waals surface area contributed by atoms with Crippen molar-refractivity contribution in [3.63, 3.8) is 0 Å². The maximum absolute atomic E-state index is 12.5. The van der Waals surface area contributed by atoms with Crippen LogP contribution in [0.15, 0.2) is 18.2 Å². The maximum Gasteiger partial charge on any atom is 0.228 e. The van der Waals surface area contributed by atoms with Gasteiger partial charge in [0.15, 0.2) is 5.78 Å². The Morgan fingerprint density at radius 1 is 1.27 bits per heavy atom. The van der Waals surface area contributed by atoms with E-state index in [2.05, 4.69) is 10.2 Å². The maximum atomic E-state index is 12.5. The molecule has 2 heterocycles. The number of nitrogens with one attached hydrogen (secondary N) is 1. The molecule has 4 rings (SSSR count). The fourth-order valence-electron chi connectivity index (χ4n) is 4.19. The Kier molecular flexibility index (Phi) is 3.27. The Hall–Kier alpha value is -1.72. The molecule has 1 unspecified atom stereocenters. The normalized spacial score (nSPS) is 30.2. The number of ketones is 1. The van der Waals surface area contributed by atoms with Crippen molar-refractivity contribution < 1.29 is 14.7 Å². The second-order valence-corrected chi connectivity index (χ2v) is 6.86. The first-order valence-electron chi connectivity index (χ1n) is 7.95. The van der Waals surface area contributed by atoms with Gasteiger partial charge in [-0.05, 0) is 48.4 Å². The molecule has 0 bridgehead atoms. The number of carbonyl (C=O) groups excluding carboxylic acids is 2. The summed E-state index contributed by atoms with van der Waals surface area (Å²) in [4.78, 5) is 26.1. The molecule has 1 aromatic carbocycles. The predicted molar refractivity (Wildman–Crippen MR) is 81.8 cm³/mol. The zero-order valence-electron chi connectivity index (χ0n) is 12.4. The van der Waals surface area contributed by atoms with E-state index in [4.69, 9.17) is 0 Å². The van der Waals surface area contributed by atoms with Crippen LogP contribution in [0.25, 0.3) is 0 Å². The van der Waals surface area contributed by atoms with Gasteiger partial charge in [-0.3, -0.25) is 14.5 Å². The van der Waals surface area contributed by atoms with Crippen molar-refractivity contribution in [2.45, 2.75) is 25.4 Å². The van der Waals surface area contributed by atoms with Gasteiger partial charge in [-0.15, -0.1) is 0 Å². The number of anilines is 1. The third kappa shape index (κ3) is 2.44. The number of benzene rings is 1. The molecule has 1 aromatic rings. The third-order valence-corrected chi connectivity index (χ3v) is 5.22. The molecule has 1 saturated carbocycles. The molecule has 1 saturated heterocycles. The van der Waals surface area contributed by atoms with Crippen LogP contribution in [0.2, 0.25) is 0 Å². The average Bonchev–Trinajstić information content (AvgIpc) is 3.08. The molecular weight excluding hydrogens is 280 g/mol. The van der Waals surface area contributed by atoms with Crippen LogP contribution in [0.1, 0.15) is 28.8 Å². The molecule has 2 fully saturated rings. The minimum absolute atomic E-state index is 0.00877. The van der Waals surface area contributed by atoms with E-state index in [9.17, 15) is 14.7 Å². The predicted octanol–water partition coefficient (Wildman–Crippen LogP) is 1.07. The molecule has 22 heavy (non-hydrogen) atoms. The van der Waals surface area contributed by atoms with Crippen molar-refractivity contribution in [3.05, 3.63) is 29.3 Å². The van der Waals surface area contributed by atoms with Crippen molar-refractivity contribution in [1.82, 2.24) is 4.90 Å². The van der Waals surface area contributed by atoms with Gasteiger partial charge in [-0.1, -0.05) is 0 Å². The first-order valence-corrected chi connectivity index (χ1v) is 7.95. The number of aliphatic hydroxyl groups excluding tert-OH is 1. The van der Waals surface area contributed by atoms with E-state index in [1.54, 1.807) is 6.07 Å². The molecule has 0 spiro atoms. The SMILES string of the molecule is O=C1Cc2cc(C(=O)CN3C[C@H]4CC(O)C[C@H]4C3)ccc2N1. The number of likely N-dealkylation sites (tertiary alicyclic amines) is 1. The Morgan fingerprint density at radius 2 is 2.00 bits per heavy atom. The fraction of sp³-hybridized carbons (Fsp3) is 0.529. The minimum atomic E-state index is -0.144. The summed E-state index contributed by atoms with van der Waals surface area (Å²) < 4.78 is 0. The summed E-state index contributed by atoms with van der Waals surface area (Å²) in [7, 11) is 0. The van der Waals surface area contributed by atoms with Crippen molar-refractivity contribution in [2.24, 2.45) is 11.8 Å². The number of hydrogen-bond acceptors (Lipinski definition) is 4. The summed E-state index contributed by atoms with van der Waals surface area (Å²) in [5, 5.41) is 12.5. The molecule has 116 valence electrons. The van der Waals surface area contributed by atoms with Crippen LogP contribution in [0, 0.1) is 11.8 Å². The average molecular weight is 300 g/mol. The van der Waals surface area contributed by atoms with E-state index < -0.39 is 0 Å². The van der Waals surface area contributed by atoms with Crippen molar-refractivity contribution in [2.75, 3.05) is 25.0 Å². The summed E-state index contributed by atoms with van der Waals surface area (Å²) in [6, 6.07) is 5.46. The van der Waals surface area contributed by atoms with E-state index in [0.29, 0.717) is 30.4 Å². The van der Waals surface area contributed by atoms with Crippen molar-refractivity contribution in [1.29, 1.82) is 0 Å². The Morgan fingerprint density at radius 3 is 2.73 bits per heavy atom. The second-order valence-electron chi connectivity index (χ2n) is 6.86. The quantitative estimate of drug-likeness (QED) is 0.819. The molecule has 3 atom stereocenters. The highest BCUT2D eigenvalue weighted by Gasteiger charge is 2.40. The highest BCUT2D eigenvalue weighted by atomic mass is 16.3. The molecule has 5 nitrogen and oxygen atoms in total. The number of carbonyl (C=O) groups is 2. The summed E-state index contributed by atoms with van der Waals surface area (Å²) in [5.74, 6) is 1.20. The molecule has 3 aliphatic rings. The van der Waals surface area contributed by atoms with E-state index in [0.717, 1.165) is 37.2 Å². The van der Waals surface area contributed by atoms with Crippen LogP contribution in [0.3, 0.4) is 0 Å². The topological polar surface area (TPSA) is 69.6 Å². The summed E-state index contributed by atoms with van der Waals surface area (Å²) in [5.41, 5.74) is 2.43. The molecule has 1 amide bonds. The number of hydrogen-bond donors (Lipinski definition) is 2. The van der Waals surface area contributed by atoms with Gasteiger partial charge in [-0.2, -0.15) is 0 Å². The lowest BCUT2D eigenvalue weighted by atomic mass is 10.0. The number of nitrogens with zero attached hydrogens (tertiary/aromatic N) is 1. The molecule has 1 aliphatic carbocycles. The number of rotatable bonds is 3. The van der Waals surface area contributed by atoms with Crippen LogP contribution >= 0.6 is 0 Å². The lowest BCUT2D eigenvalue weighted by Gasteiger charge is -2.16. The molecule has 0 radical (unpaired) electrons. The van der Waals surface area contributed by atoms with Crippen molar-refractivity contribution in [3.8, 4) is 0 Å². The minimum Gasteiger partial charge on any atom is -0.393 e. The third-order valence-electron chi connectivity index (χ3n) is 5.22.